The first-order valence-electron chi connectivity index (χ1n) is 6.67. The van der Waals surface area contributed by atoms with E-state index in [1.807, 2.05) is 19.1 Å². The van der Waals surface area contributed by atoms with Gasteiger partial charge in [-0.15, -0.1) is 0 Å². The van der Waals surface area contributed by atoms with Crippen LogP contribution < -0.4 is 4.72 Å². The van der Waals surface area contributed by atoms with Gasteiger partial charge in [0.05, 0.1) is 5.75 Å². The van der Waals surface area contributed by atoms with Gasteiger partial charge < -0.3 is 0 Å². The first kappa shape index (κ1) is 15.7. The van der Waals surface area contributed by atoms with Crippen LogP contribution in [0.1, 0.15) is 29.7 Å². The molecular weight excluding hydrogens is 289 g/mol. The number of rotatable bonds is 5. The lowest BCUT2D eigenvalue weighted by atomic mass is 10.1. The van der Waals surface area contributed by atoms with E-state index in [9.17, 15) is 12.8 Å². The molecule has 0 aliphatic carbocycles. The lowest BCUT2D eigenvalue weighted by Crippen LogP contribution is -2.28. The molecule has 0 unspecified atom stereocenters. The van der Waals surface area contributed by atoms with Gasteiger partial charge in [0.25, 0.3) is 0 Å². The summed E-state index contributed by atoms with van der Waals surface area (Å²) in [7, 11) is -3.45. The normalized spacial score (nSPS) is 13.1. The maximum atomic E-state index is 12.9. The van der Waals surface area contributed by atoms with Gasteiger partial charge in [-0.1, -0.05) is 42.0 Å². The summed E-state index contributed by atoms with van der Waals surface area (Å²) in [5.74, 6) is -0.410. The average Bonchev–Trinajstić information content (AvgIpc) is 2.41. The third kappa shape index (κ3) is 4.65. The predicted molar refractivity (Wildman–Crippen MR) is 81.8 cm³/mol. The molecule has 0 radical (unpaired) electrons. The van der Waals surface area contributed by atoms with Crippen LogP contribution in [-0.2, 0) is 15.8 Å². The number of hydrogen-bond acceptors (Lipinski definition) is 2. The predicted octanol–water partition coefficient (Wildman–Crippen LogP) is 3.31. The van der Waals surface area contributed by atoms with E-state index in [2.05, 4.69) is 4.72 Å². The van der Waals surface area contributed by atoms with Crippen molar-refractivity contribution in [3.63, 3.8) is 0 Å². The van der Waals surface area contributed by atoms with Crippen LogP contribution in [0.3, 0.4) is 0 Å². The molecule has 2 aromatic carbocycles. The van der Waals surface area contributed by atoms with Crippen molar-refractivity contribution < 1.29 is 12.8 Å². The Morgan fingerprint density at radius 3 is 2.19 bits per heavy atom. The second-order valence-corrected chi connectivity index (χ2v) is 6.89. The van der Waals surface area contributed by atoms with Gasteiger partial charge in [0.15, 0.2) is 0 Å². The van der Waals surface area contributed by atoms with Crippen molar-refractivity contribution in [1.29, 1.82) is 0 Å². The zero-order chi connectivity index (χ0) is 15.5. The number of sulfonamides is 1. The molecule has 21 heavy (non-hydrogen) atoms. The smallest absolute Gasteiger partial charge is 0.212 e. The molecule has 112 valence electrons. The molecule has 0 aliphatic heterocycles. The molecule has 0 saturated carbocycles. The van der Waals surface area contributed by atoms with E-state index >= 15 is 0 Å². The average molecular weight is 307 g/mol. The molecular formula is C16H18FNO2S. The second-order valence-electron chi connectivity index (χ2n) is 5.14. The van der Waals surface area contributed by atoms with Gasteiger partial charge in [-0.3, -0.25) is 0 Å². The Morgan fingerprint density at radius 1 is 1.05 bits per heavy atom. The van der Waals surface area contributed by atoms with Crippen molar-refractivity contribution in [3.8, 4) is 0 Å². The Hall–Kier alpha value is -1.72. The second kappa shape index (κ2) is 6.37. The third-order valence-electron chi connectivity index (χ3n) is 3.20. The number of hydrogen-bond donors (Lipinski definition) is 1. The lowest BCUT2D eigenvalue weighted by molar-refractivity contribution is 0.565. The molecule has 0 saturated heterocycles. The van der Waals surface area contributed by atoms with E-state index in [0.29, 0.717) is 0 Å². The molecule has 0 bridgehead atoms. The quantitative estimate of drug-likeness (QED) is 0.921. The van der Waals surface area contributed by atoms with E-state index < -0.39 is 16.1 Å². The molecule has 1 N–H and O–H groups in total. The van der Waals surface area contributed by atoms with Gasteiger partial charge in [0, 0.05) is 6.04 Å². The summed E-state index contributed by atoms with van der Waals surface area (Å²) in [6.45, 7) is 3.69. The summed E-state index contributed by atoms with van der Waals surface area (Å²) in [4.78, 5) is 0. The van der Waals surface area contributed by atoms with Crippen LogP contribution in [0, 0.1) is 12.7 Å². The lowest BCUT2D eigenvalue weighted by Gasteiger charge is -2.14. The minimum Gasteiger partial charge on any atom is -0.212 e. The maximum absolute atomic E-state index is 12.9. The fourth-order valence-corrected chi connectivity index (χ4v) is 3.42. The zero-order valence-corrected chi connectivity index (χ0v) is 12.8. The molecule has 0 aliphatic rings. The summed E-state index contributed by atoms with van der Waals surface area (Å²) in [5.41, 5.74) is 2.55. The Balaban J connectivity index is 2.06. The van der Waals surface area contributed by atoms with Crippen molar-refractivity contribution in [1.82, 2.24) is 4.72 Å². The van der Waals surface area contributed by atoms with Crippen LogP contribution in [0.2, 0.25) is 0 Å². The minimum atomic E-state index is -3.45. The Labute approximate surface area is 124 Å². The molecule has 0 spiro atoms. The van der Waals surface area contributed by atoms with Crippen LogP contribution in [0.15, 0.2) is 48.5 Å². The number of nitrogens with one attached hydrogen (secondary N) is 1. The van der Waals surface area contributed by atoms with E-state index in [4.69, 9.17) is 0 Å². The number of benzene rings is 2. The molecule has 1 atom stereocenters. The Kier molecular flexibility index (Phi) is 4.75. The molecule has 2 rings (SSSR count). The van der Waals surface area contributed by atoms with Gasteiger partial charge in [0.1, 0.15) is 5.82 Å². The Bertz CT molecular complexity index is 694. The fourth-order valence-electron chi connectivity index (χ4n) is 2.03. The van der Waals surface area contributed by atoms with Crippen LogP contribution in [-0.4, -0.2) is 8.42 Å². The first-order valence-corrected chi connectivity index (χ1v) is 8.32. The summed E-state index contributed by atoms with van der Waals surface area (Å²) in [5, 5.41) is 0. The summed E-state index contributed by atoms with van der Waals surface area (Å²) < 4.78 is 39.8. The standard InChI is InChI=1S/C16H18FNO2S/c1-12-3-5-14(6-4-12)11-21(19,20)18-13(2)15-7-9-16(17)10-8-15/h3-10,13,18H,11H2,1-2H3/t13-/m0/s1. The zero-order valence-electron chi connectivity index (χ0n) is 12.0. The van der Waals surface area contributed by atoms with E-state index in [1.54, 1.807) is 31.2 Å². The molecule has 2 aromatic rings. The van der Waals surface area contributed by atoms with Crippen molar-refractivity contribution >= 4 is 10.0 Å². The summed E-state index contributed by atoms with van der Waals surface area (Å²) in [6.07, 6.45) is 0. The largest absolute Gasteiger partial charge is 0.216 e. The molecule has 3 nitrogen and oxygen atoms in total. The highest BCUT2D eigenvalue weighted by Gasteiger charge is 2.16. The van der Waals surface area contributed by atoms with E-state index in [-0.39, 0.29) is 11.6 Å². The maximum Gasteiger partial charge on any atom is 0.216 e. The molecule has 5 heteroatoms. The van der Waals surface area contributed by atoms with E-state index in [0.717, 1.165) is 16.7 Å². The van der Waals surface area contributed by atoms with Crippen molar-refractivity contribution in [3.05, 3.63) is 71.0 Å². The van der Waals surface area contributed by atoms with Crippen LogP contribution in [0.25, 0.3) is 0 Å². The van der Waals surface area contributed by atoms with E-state index in [1.165, 1.54) is 12.1 Å². The van der Waals surface area contributed by atoms with Gasteiger partial charge in [-0.05, 0) is 37.1 Å². The summed E-state index contributed by atoms with van der Waals surface area (Å²) >= 11 is 0. The minimum absolute atomic E-state index is 0.0706. The van der Waals surface area contributed by atoms with Gasteiger partial charge in [-0.2, -0.15) is 0 Å². The molecule has 0 amide bonds. The highest BCUT2D eigenvalue weighted by molar-refractivity contribution is 7.88. The molecule has 0 fully saturated rings. The topological polar surface area (TPSA) is 46.2 Å². The molecule has 0 aromatic heterocycles. The highest BCUT2D eigenvalue weighted by Crippen LogP contribution is 2.15. The van der Waals surface area contributed by atoms with Crippen LogP contribution in [0.4, 0.5) is 4.39 Å². The van der Waals surface area contributed by atoms with Gasteiger partial charge >= 0.3 is 0 Å². The van der Waals surface area contributed by atoms with Gasteiger partial charge in [0.2, 0.25) is 10.0 Å². The van der Waals surface area contributed by atoms with Crippen molar-refractivity contribution in [2.45, 2.75) is 25.6 Å². The van der Waals surface area contributed by atoms with Crippen molar-refractivity contribution in [2.24, 2.45) is 0 Å². The van der Waals surface area contributed by atoms with Crippen LogP contribution in [0.5, 0.6) is 0 Å². The summed E-state index contributed by atoms with van der Waals surface area (Å²) in [6, 6.07) is 12.8. The Morgan fingerprint density at radius 2 is 1.62 bits per heavy atom. The first-order chi connectivity index (χ1) is 9.85. The van der Waals surface area contributed by atoms with Gasteiger partial charge in [-0.25, -0.2) is 17.5 Å². The third-order valence-corrected chi connectivity index (χ3v) is 4.63. The van der Waals surface area contributed by atoms with Crippen LogP contribution >= 0.6 is 0 Å². The molecule has 0 heterocycles. The number of halogens is 1. The number of aryl methyl sites for hydroxylation is 1. The highest BCUT2D eigenvalue weighted by atomic mass is 32.2. The monoisotopic (exact) mass is 307 g/mol. The fraction of sp³-hybridized carbons (Fsp3) is 0.250. The van der Waals surface area contributed by atoms with Crippen molar-refractivity contribution in [2.75, 3.05) is 0 Å². The SMILES string of the molecule is Cc1ccc(CS(=O)(=O)N[C@@H](C)c2ccc(F)cc2)cc1.